The van der Waals surface area contributed by atoms with Crippen LogP contribution in [0.25, 0.3) is 0 Å². The van der Waals surface area contributed by atoms with Crippen molar-refractivity contribution in [1.82, 2.24) is 6.15 Å². The molecule has 0 aromatic carbocycles. The number of hydrogen-bond acceptors (Lipinski definition) is 3. The summed E-state index contributed by atoms with van der Waals surface area (Å²) >= 11 is 7.74. The van der Waals surface area contributed by atoms with Crippen molar-refractivity contribution in [3.63, 3.8) is 0 Å². The molecule has 0 aromatic heterocycles. The Balaban J connectivity index is -0.0000000270. The number of nitrogens with two attached hydrogens (primary N) is 2. The second-order valence-electron chi connectivity index (χ2n) is 1.68. The summed E-state index contributed by atoms with van der Waals surface area (Å²) in [4.78, 5) is 0. The van der Waals surface area contributed by atoms with Crippen molar-refractivity contribution in [2.24, 2.45) is 11.5 Å². The zero-order valence-corrected chi connectivity index (χ0v) is 9.62. The zero-order chi connectivity index (χ0) is 10.6. The van der Waals surface area contributed by atoms with Crippen molar-refractivity contribution in [2.45, 2.75) is 34.1 Å². The largest absolute Gasteiger partial charge is 0.487 e. The van der Waals surface area contributed by atoms with Crippen LogP contribution in [-0.4, -0.2) is 20.6 Å². The monoisotopic (exact) mass is 245 g/mol. The highest BCUT2D eigenvalue weighted by Crippen LogP contribution is 1.76. The molecule has 7 heteroatoms. The van der Waals surface area contributed by atoms with E-state index in [2.05, 4.69) is 49.8 Å². The lowest BCUT2D eigenvalue weighted by molar-refractivity contribution is 0.559. The molecule has 0 aliphatic carbocycles. The SMILES string of the molecule is C.CCCC.N.NC(O)=S.NC(O)=S. The van der Waals surface area contributed by atoms with Crippen LogP contribution in [0.1, 0.15) is 34.1 Å². The third-order valence-corrected chi connectivity index (χ3v) is 0.500. The van der Waals surface area contributed by atoms with Gasteiger partial charge >= 0.3 is 0 Å². The minimum atomic E-state index is -0.500. The van der Waals surface area contributed by atoms with Gasteiger partial charge in [0.2, 0.25) is 0 Å². The first kappa shape index (κ1) is 29.2. The van der Waals surface area contributed by atoms with Crippen LogP contribution in [0.2, 0.25) is 0 Å². The molecule has 0 spiro atoms. The fraction of sp³-hybridized carbons (Fsp3) is 0.714. The normalized spacial score (nSPS) is 5.57. The highest BCUT2D eigenvalue weighted by atomic mass is 32.1. The molecule has 9 N–H and O–H groups in total. The molecule has 5 nitrogen and oxygen atoms in total. The van der Waals surface area contributed by atoms with Crippen LogP contribution in [0.5, 0.6) is 0 Å². The minimum absolute atomic E-state index is 0. The van der Waals surface area contributed by atoms with E-state index < -0.39 is 10.3 Å². The van der Waals surface area contributed by atoms with Crippen molar-refractivity contribution in [3.8, 4) is 0 Å². The molecule has 0 unspecified atom stereocenters. The summed E-state index contributed by atoms with van der Waals surface area (Å²) in [6, 6.07) is 0. The van der Waals surface area contributed by atoms with E-state index in [1.807, 2.05) is 0 Å². The number of rotatable bonds is 1. The highest BCUT2D eigenvalue weighted by molar-refractivity contribution is 7.80. The first-order valence-corrected chi connectivity index (χ1v) is 4.16. The summed E-state index contributed by atoms with van der Waals surface area (Å²) in [6.07, 6.45) is 2.64. The molecule has 0 rings (SSSR count). The molecular formula is C7H23N3O2S2. The molecule has 0 saturated heterocycles. The van der Waals surface area contributed by atoms with E-state index in [9.17, 15) is 0 Å². The van der Waals surface area contributed by atoms with Gasteiger partial charge in [-0.3, -0.25) is 0 Å². The maximum Gasteiger partial charge on any atom is 0.251 e. The number of aliphatic hydroxyl groups is 2. The molecule has 0 aliphatic heterocycles. The molecule has 0 aliphatic rings. The molecular weight excluding hydrogens is 222 g/mol. The number of hydrogen-bond donors (Lipinski definition) is 5. The van der Waals surface area contributed by atoms with Crippen LogP contribution < -0.4 is 17.6 Å². The Bertz CT molecular complexity index is 102. The lowest BCUT2D eigenvalue weighted by Crippen LogP contribution is -2.03. The number of aliphatic hydroxyl groups excluding tert-OH is 2. The lowest BCUT2D eigenvalue weighted by Gasteiger charge is -1.68. The van der Waals surface area contributed by atoms with Gasteiger partial charge in [0.05, 0.1) is 0 Å². The van der Waals surface area contributed by atoms with Crippen molar-refractivity contribution in [1.29, 1.82) is 0 Å². The Labute approximate surface area is 97.1 Å². The topological polar surface area (TPSA) is 128 Å². The first-order valence-electron chi connectivity index (χ1n) is 3.35. The standard InChI is InChI=1S/C4H10.2CH3NOS.CH4.H3N/c1-3-4-2;2*2-1(3)4;;/h3-4H2,1-2H3;2*(H3,2,3,4);1H4;1H3. The lowest BCUT2D eigenvalue weighted by atomic mass is 10.4. The number of thiocarbonyl (C=S) groups is 2. The van der Waals surface area contributed by atoms with Gasteiger partial charge in [-0.2, -0.15) is 0 Å². The molecule has 14 heavy (non-hydrogen) atoms. The Morgan fingerprint density at radius 1 is 1.00 bits per heavy atom. The molecule has 0 radical (unpaired) electrons. The molecule has 0 atom stereocenters. The fourth-order valence-corrected chi connectivity index (χ4v) is 0. The van der Waals surface area contributed by atoms with E-state index in [0.29, 0.717) is 0 Å². The highest BCUT2D eigenvalue weighted by Gasteiger charge is 1.58. The van der Waals surface area contributed by atoms with Crippen molar-refractivity contribution < 1.29 is 10.2 Å². The van der Waals surface area contributed by atoms with E-state index in [1.54, 1.807) is 0 Å². The molecule has 0 amide bonds. The van der Waals surface area contributed by atoms with Gasteiger partial charge in [-0.25, -0.2) is 0 Å². The summed E-state index contributed by atoms with van der Waals surface area (Å²) < 4.78 is 0. The second-order valence-corrected chi connectivity index (χ2v) is 2.51. The van der Waals surface area contributed by atoms with Crippen molar-refractivity contribution >= 4 is 34.8 Å². The van der Waals surface area contributed by atoms with Gasteiger partial charge in [-0.1, -0.05) is 34.1 Å². The maximum absolute atomic E-state index is 7.56. The van der Waals surface area contributed by atoms with Gasteiger partial charge in [0.25, 0.3) is 10.3 Å². The third kappa shape index (κ3) is 10500. The predicted octanol–water partition coefficient (Wildman–Crippen LogP) is 2.18. The third-order valence-electron chi connectivity index (χ3n) is 0.500. The summed E-state index contributed by atoms with van der Waals surface area (Å²) in [5.41, 5.74) is 8.80. The second kappa shape index (κ2) is 29.5. The quantitative estimate of drug-likeness (QED) is 0.448. The summed E-state index contributed by atoms with van der Waals surface area (Å²) in [5.74, 6) is 0. The van der Waals surface area contributed by atoms with Gasteiger partial charge in [0.15, 0.2) is 0 Å². The Morgan fingerprint density at radius 3 is 1.07 bits per heavy atom. The van der Waals surface area contributed by atoms with Crippen LogP contribution in [0.3, 0.4) is 0 Å². The van der Waals surface area contributed by atoms with Gasteiger partial charge < -0.3 is 27.8 Å². The van der Waals surface area contributed by atoms with Crippen molar-refractivity contribution in [3.05, 3.63) is 0 Å². The smallest absolute Gasteiger partial charge is 0.251 e. The average Bonchev–Trinajstić information content (AvgIpc) is 1.85. The molecule has 0 fully saturated rings. The van der Waals surface area contributed by atoms with Crippen LogP contribution >= 0.6 is 24.4 Å². The van der Waals surface area contributed by atoms with E-state index in [-0.39, 0.29) is 13.6 Å². The Morgan fingerprint density at radius 2 is 1.07 bits per heavy atom. The van der Waals surface area contributed by atoms with E-state index in [1.165, 1.54) is 12.8 Å². The summed E-state index contributed by atoms with van der Waals surface area (Å²) in [5, 5.41) is 14.1. The van der Waals surface area contributed by atoms with Gasteiger partial charge in [-0.15, -0.1) is 0 Å². The molecule has 0 saturated carbocycles. The van der Waals surface area contributed by atoms with Crippen molar-refractivity contribution in [2.75, 3.05) is 0 Å². The van der Waals surface area contributed by atoms with Crippen LogP contribution in [0, 0.1) is 0 Å². The molecule has 0 heterocycles. The summed E-state index contributed by atoms with van der Waals surface area (Å²) in [7, 11) is 0. The van der Waals surface area contributed by atoms with E-state index in [0.717, 1.165) is 0 Å². The summed E-state index contributed by atoms with van der Waals surface area (Å²) in [6.45, 7) is 4.36. The maximum atomic E-state index is 7.56. The van der Waals surface area contributed by atoms with Gasteiger partial charge in [-0.05, 0) is 24.4 Å². The average molecular weight is 245 g/mol. The zero-order valence-electron chi connectivity index (χ0n) is 7.99. The van der Waals surface area contributed by atoms with Gasteiger partial charge in [0.1, 0.15) is 0 Å². The van der Waals surface area contributed by atoms with E-state index in [4.69, 9.17) is 10.2 Å². The van der Waals surface area contributed by atoms with Crippen LogP contribution in [0.4, 0.5) is 0 Å². The van der Waals surface area contributed by atoms with Crippen LogP contribution in [-0.2, 0) is 0 Å². The Kier molecular flexibility index (Phi) is 61.4. The molecule has 0 bridgehead atoms. The van der Waals surface area contributed by atoms with Gasteiger partial charge in [0, 0.05) is 0 Å². The molecule has 0 aromatic rings. The first-order chi connectivity index (χ1) is 5.38. The fourth-order valence-electron chi connectivity index (χ4n) is 0. The number of unbranched alkanes of at least 4 members (excludes halogenated alkanes) is 1. The predicted molar refractivity (Wildman–Crippen MR) is 71.2 cm³/mol. The van der Waals surface area contributed by atoms with E-state index >= 15 is 0 Å². The molecule has 90 valence electrons. The minimum Gasteiger partial charge on any atom is -0.487 e. The Hall–Kier alpha value is -0.660. The van der Waals surface area contributed by atoms with Crippen LogP contribution in [0.15, 0.2) is 0 Å².